The number of rotatable bonds is 8. The van der Waals surface area contributed by atoms with Gasteiger partial charge in [-0.25, -0.2) is 4.79 Å². The second kappa shape index (κ2) is 10.0. The van der Waals surface area contributed by atoms with Crippen molar-refractivity contribution in [2.24, 2.45) is 0 Å². The molecular formula is C21H18F3N3O6. The Hall–Kier alpha value is -4.09. The number of anilines is 1. The summed E-state index contributed by atoms with van der Waals surface area (Å²) in [6.45, 7) is 3.10. The molecule has 0 saturated carbocycles. The highest BCUT2D eigenvalue weighted by Crippen LogP contribution is 2.24. The predicted molar refractivity (Wildman–Crippen MR) is 106 cm³/mol. The van der Waals surface area contributed by atoms with Gasteiger partial charge in [0.05, 0.1) is 5.56 Å². The van der Waals surface area contributed by atoms with E-state index in [1.807, 2.05) is 0 Å². The van der Waals surface area contributed by atoms with Crippen LogP contribution in [0.15, 0.2) is 53.1 Å². The smallest absolute Gasteiger partial charge is 0.485 e. The summed E-state index contributed by atoms with van der Waals surface area (Å²) in [5.74, 6) is -0.594. The molecule has 0 spiro atoms. The van der Waals surface area contributed by atoms with Gasteiger partial charge >= 0.3 is 12.3 Å². The molecule has 1 aromatic heterocycles. The molecule has 12 heteroatoms. The van der Waals surface area contributed by atoms with Crippen molar-refractivity contribution in [3.63, 3.8) is 0 Å². The van der Waals surface area contributed by atoms with E-state index in [4.69, 9.17) is 14.0 Å². The summed E-state index contributed by atoms with van der Waals surface area (Å²) in [6.07, 6.45) is -5.98. The van der Waals surface area contributed by atoms with Crippen molar-refractivity contribution in [3.05, 3.63) is 65.8 Å². The number of hydrogen-bond acceptors (Lipinski definition) is 8. The van der Waals surface area contributed by atoms with Gasteiger partial charge in [-0.15, -0.1) is 13.2 Å². The third-order valence-corrected chi connectivity index (χ3v) is 4.04. The SMILES string of the molecule is Cc1nc(COc2ccc(C(=O)OC(C)C(=O)Nc3ccc(OC(F)(F)F)cc3)cc2)no1. The van der Waals surface area contributed by atoms with Crippen molar-refractivity contribution in [2.45, 2.75) is 32.9 Å². The van der Waals surface area contributed by atoms with E-state index in [1.54, 1.807) is 19.1 Å². The lowest BCUT2D eigenvalue weighted by molar-refractivity contribution is -0.274. The van der Waals surface area contributed by atoms with Gasteiger partial charge in [0.1, 0.15) is 11.5 Å². The number of nitrogens with zero attached hydrogens (tertiary/aromatic N) is 2. The maximum absolute atomic E-state index is 12.3. The van der Waals surface area contributed by atoms with Crippen molar-refractivity contribution in [1.82, 2.24) is 10.1 Å². The molecular weight excluding hydrogens is 447 g/mol. The Bertz CT molecular complexity index is 1100. The van der Waals surface area contributed by atoms with E-state index >= 15 is 0 Å². The largest absolute Gasteiger partial charge is 0.573 e. The normalized spacial score (nSPS) is 12.0. The number of aromatic nitrogens is 2. The first-order chi connectivity index (χ1) is 15.6. The summed E-state index contributed by atoms with van der Waals surface area (Å²) in [4.78, 5) is 28.5. The van der Waals surface area contributed by atoms with Crippen LogP contribution in [0.1, 0.15) is 29.0 Å². The zero-order valence-electron chi connectivity index (χ0n) is 17.4. The fraction of sp³-hybridized carbons (Fsp3) is 0.238. The molecule has 0 saturated heterocycles. The maximum atomic E-state index is 12.3. The fourth-order valence-corrected chi connectivity index (χ4v) is 2.50. The minimum Gasteiger partial charge on any atom is -0.485 e. The van der Waals surface area contributed by atoms with Gasteiger partial charge in [0.15, 0.2) is 12.7 Å². The molecule has 1 N–H and O–H groups in total. The van der Waals surface area contributed by atoms with Gasteiger partial charge in [-0.05, 0) is 55.5 Å². The molecule has 1 atom stereocenters. The summed E-state index contributed by atoms with van der Waals surface area (Å²) in [7, 11) is 0. The molecule has 0 aliphatic rings. The molecule has 174 valence electrons. The van der Waals surface area contributed by atoms with E-state index < -0.39 is 30.1 Å². The number of benzene rings is 2. The molecule has 1 amide bonds. The van der Waals surface area contributed by atoms with Crippen LogP contribution < -0.4 is 14.8 Å². The Labute approximate surface area is 185 Å². The number of aryl methyl sites for hydroxylation is 1. The molecule has 0 aliphatic carbocycles. The Morgan fingerprint density at radius 1 is 1.06 bits per heavy atom. The first-order valence-electron chi connectivity index (χ1n) is 9.49. The van der Waals surface area contributed by atoms with E-state index in [0.717, 1.165) is 12.1 Å². The Morgan fingerprint density at radius 2 is 1.70 bits per heavy atom. The van der Waals surface area contributed by atoms with Crippen LogP contribution in [-0.4, -0.2) is 34.5 Å². The predicted octanol–water partition coefficient (Wildman–Crippen LogP) is 4.04. The van der Waals surface area contributed by atoms with Crippen LogP contribution in [0.5, 0.6) is 11.5 Å². The zero-order valence-corrected chi connectivity index (χ0v) is 17.4. The molecule has 0 radical (unpaired) electrons. The summed E-state index contributed by atoms with van der Waals surface area (Å²) in [5, 5.41) is 6.14. The lowest BCUT2D eigenvalue weighted by Gasteiger charge is -2.14. The molecule has 3 rings (SSSR count). The second-order valence-electron chi connectivity index (χ2n) is 6.65. The second-order valence-corrected chi connectivity index (χ2v) is 6.65. The summed E-state index contributed by atoms with van der Waals surface area (Å²) in [6, 6.07) is 10.5. The molecule has 3 aromatic rings. The molecule has 9 nitrogen and oxygen atoms in total. The highest BCUT2D eigenvalue weighted by molar-refractivity contribution is 5.97. The lowest BCUT2D eigenvalue weighted by atomic mass is 10.2. The average molecular weight is 465 g/mol. The van der Waals surface area contributed by atoms with Crippen LogP contribution >= 0.6 is 0 Å². The van der Waals surface area contributed by atoms with Gasteiger partial charge in [0, 0.05) is 12.6 Å². The third-order valence-electron chi connectivity index (χ3n) is 4.04. The van der Waals surface area contributed by atoms with Crippen molar-refractivity contribution < 1.29 is 41.5 Å². The van der Waals surface area contributed by atoms with Crippen LogP contribution in [0.4, 0.5) is 18.9 Å². The number of carbonyl (C=O) groups excluding carboxylic acids is 2. The Balaban J connectivity index is 1.49. The number of amides is 1. The van der Waals surface area contributed by atoms with E-state index in [-0.39, 0.29) is 17.9 Å². The van der Waals surface area contributed by atoms with Crippen LogP contribution in [0.2, 0.25) is 0 Å². The fourth-order valence-electron chi connectivity index (χ4n) is 2.50. The van der Waals surface area contributed by atoms with Crippen LogP contribution in [0.3, 0.4) is 0 Å². The molecule has 33 heavy (non-hydrogen) atoms. The lowest BCUT2D eigenvalue weighted by Crippen LogP contribution is -2.30. The third kappa shape index (κ3) is 7.23. The number of halogens is 3. The van der Waals surface area contributed by atoms with Gasteiger partial charge in [0.25, 0.3) is 5.91 Å². The summed E-state index contributed by atoms with van der Waals surface area (Å²) >= 11 is 0. The van der Waals surface area contributed by atoms with Crippen LogP contribution in [0, 0.1) is 6.92 Å². The summed E-state index contributed by atoms with van der Waals surface area (Å²) in [5.41, 5.74) is 0.391. The minimum atomic E-state index is -4.81. The number of nitrogens with one attached hydrogen (secondary N) is 1. The molecule has 0 bridgehead atoms. The van der Waals surface area contributed by atoms with Gasteiger partial charge in [-0.3, -0.25) is 4.79 Å². The number of ether oxygens (including phenoxy) is 3. The highest BCUT2D eigenvalue weighted by atomic mass is 19.4. The van der Waals surface area contributed by atoms with Crippen molar-refractivity contribution >= 4 is 17.6 Å². The molecule has 2 aromatic carbocycles. The van der Waals surface area contributed by atoms with Gasteiger partial charge in [0.2, 0.25) is 11.7 Å². The summed E-state index contributed by atoms with van der Waals surface area (Å²) < 4.78 is 55.8. The molecule has 1 heterocycles. The number of esters is 1. The molecule has 1 unspecified atom stereocenters. The van der Waals surface area contributed by atoms with Crippen molar-refractivity contribution in [2.75, 3.05) is 5.32 Å². The van der Waals surface area contributed by atoms with Crippen molar-refractivity contribution in [3.8, 4) is 11.5 Å². The number of carbonyl (C=O) groups is 2. The zero-order chi connectivity index (χ0) is 24.0. The monoisotopic (exact) mass is 465 g/mol. The number of hydrogen-bond donors (Lipinski definition) is 1. The van der Waals surface area contributed by atoms with E-state index in [9.17, 15) is 22.8 Å². The van der Waals surface area contributed by atoms with Gasteiger partial charge in [-0.1, -0.05) is 5.16 Å². The standard InChI is InChI=1S/C21H18F3N3O6/c1-12(19(28)26-15-5-9-17(10-6-15)32-21(22,23)24)31-20(29)14-3-7-16(8-4-14)30-11-18-25-13(2)33-27-18/h3-10,12H,11H2,1-2H3,(H,26,28). The van der Waals surface area contributed by atoms with E-state index in [2.05, 4.69) is 20.2 Å². The Morgan fingerprint density at radius 3 is 2.27 bits per heavy atom. The van der Waals surface area contributed by atoms with Gasteiger partial charge < -0.3 is 24.1 Å². The number of alkyl halides is 3. The van der Waals surface area contributed by atoms with Crippen LogP contribution in [0.25, 0.3) is 0 Å². The first kappa shape index (κ1) is 23.6. The minimum absolute atomic E-state index is 0.0850. The molecule has 0 fully saturated rings. The topological polar surface area (TPSA) is 113 Å². The van der Waals surface area contributed by atoms with Gasteiger partial charge in [-0.2, -0.15) is 4.98 Å². The van der Waals surface area contributed by atoms with Crippen LogP contribution in [-0.2, 0) is 16.1 Å². The van der Waals surface area contributed by atoms with E-state index in [0.29, 0.717) is 17.5 Å². The highest BCUT2D eigenvalue weighted by Gasteiger charge is 2.31. The Kier molecular flexibility index (Phi) is 7.16. The quantitative estimate of drug-likeness (QED) is 0.496. The maximum Gasteiger partial charge on any atom is 0.573 e. The van der Waals surface area contributed by atoms with E-state index in [1.165, 1.54) is 31.2 Å². The average Bonchev–Trinajstić information content (AvgIpc) is 3.18. The van der Waals surface area contributed by atoms with Crippen molar-refractivity contribution in [1.29, 1.82) is 0 Å². The molecule has 0 aliphatic heterocycles. The first-order valence-corrected chi connectivity index (χ1v) is 9.49.